The summed E-state index contributed by atoms with van der Waals surface area (Å²) in [5.74, 6) is -0.251. The van der Waals surface area contributed by atoms with Crippen LogP contribution in [0.1, 0.15) is 29.0 Å². The average Bonchev–Trinajstić information content (AvgIpc) is 3.17. The quantitative estimate of drug-likeness (QED) is 0.467. The molecular formula is C22H21Cl2N5O4. The van der Waals surface area contributed by atoms with E-state index in [1.165, 1.54) is 10.6 Å². The summed E-state index contributed by atoms with van der Waals surface area (Å²) in [4.78, 5) is 35.6. The number of hydrogen-bond donors (Lipinski definition) is 3. The number of fused-ring (bicyclic) bond motifs is 2. The van der Waals surface area contributed by atoms with Crippen molar-refractivity contribution in [3.05, 3.63) is 56.1 Å². The lowest BCUT2D eigenvalue weighted by molar-refractivity contribution is 0.0691. The first kappa shape index (κ1) is 21.9. The highest BCUT2D eigenvalue weighted by molar-refractivity contribution is 6.31. The first-order valence-corrected chi connectivity index (χ1v) is 11.2. The van der Waals surface area contributed by atoms with E-state index in [-0.39, 0.29) is 40.0 Å². The molecule has 3 N–H and O–H groups in total. The molecule has 1 aliphatic heterocycles. The van der Waals surface area contributed by atoms with Gasteiger partial charge in [0.15, 0.2) is 5.69 Å². The summed E-state index contributed by atoms with van der Waals surface area (Å²) in [6.45, 7) is 3.12. The monoisotopic (exact) mass is 489 g/mol. The third-order valence-electron chi connectivity index (χ3n) is 6.49. The molecule has 9 nitrogen and oxygen atoms in total. The normalized spacial score (nSPS) is 22.3. The number of halogens is 2. The van der Waals surface area contributed by atoms with Crippen molar-refractivity contribution in [3.63, 3.8) is 0 Å². The van der Waals surface area contributed by atoms with E-state index in [2.05, 4.69) is 10.3 Å². The molecule has 1 aromatic carbocycles. The summed E-state index contributed by atoms with van der Waals surface area (Å²) < 4.78 is 1.50. The predicted octanol–water partition coefficient (Wildman–Crippen LogP) is 2.93. The van der Waals surface area contributed by atoms with E-state index in [0.717, 1.165) is 0 Å². The lowest BCUT2D eigenvalue weighted by Gasteiger charge is -2.24. The molecule has 33 heavy (non-hydrogen) atoms. The van der Waals surface area contributed by atoms with Gasteiger partial charge in [-0.15, -0.1) is 0 Å². The van der Waals surface area contributed by atoms with Crippen LogP contribution in [0.25, 0.3) is 10.9 Å². The van der Waals surface area contributed by atoms with Gasteiger partial charge in [-0.3, -0.25) is 9.36 Å². The Morgan fingerprint density at radius 2 is 1.91 bits per heavy atom. The van der Waals surface area contributed by atoms with Crippen LogP contribution in [-0.4, -0.2) is 49.9 Å². The summed E-state index contributed by atoms with van der Waals surface area (Å²) in [5.41, 5.74) is 0.973. The molecule has 2 fully saturated rings. The van der Waals surface area contributed by atoms with E-state index in [1.807, 2.05) is 11.8 Å². The van der Waals surface area contributed by atoms with Gasteiger partial charge in [-0.25, -0.2) is 14.8 Å². The van der Waals surface area contributed by atoms with Crippen LogP contribution in [0.15, 0.2) is 29.1 Å². The highest BCUT2D eigenvalue weighted by atomic mass is 35.5. The molecule has 5 rings (SSSR count). The summed E-state index contributed by atoms with van der Waals surface area (Å²) >= 11 is 12.2. The molecular weight excluding hydrogens is 469 g/mol. The van der Waals surface area contributed by atoms with Crippen LogP contribution in [0.2, 0.25) is 10.2 Å². The van der Waals surface area contributed by atoms with Crippen molar-refractivity contribution < 1.29 is 15.0 Å². The highest BCUT2D eigenvalue weighted by Gasteiger charge is 2.55. The van der Waals surface area contributed by atoms with Gasteiger partial charge in [-0.1, -0.05) is 23.2 Å². The molecule has 0 amide bonds. The number of aromatic carboxylic acids is 1. The number of aliphatic hydroxyl groups excluding tert-OH is 1. The predicted molar refractivity (Wildman–Crippen MR) is 125 cm³/mol. The van der Waals surface area contributed by atoms with Crippen molar-refractivity contribution in [2.24, 2.45) is 18.9 Å². The third-order valence-corrected chi connectivity index (χ3v) is 6.91. The zero-order valence-electron chi connectivity index (χ0n) is 17.8. The van der Waals surface area contributed by atoms with Gasteiger partial charge < -0.3 is 20.4 Å². The summed E-state index contributed by atoms with van der Waals surface area (Å²) in [5, 5.41) is 23.3. The van der Waals surface area contributed by atoms with Gasteiger partial charge in [-0.05, 0) is 31.2 Å². The van der Waals surface area contributed by atoms with Gasteiger partial charge in [0.05, 0.1) is 28.7 Å². The van der Waals surface area contributed by atoms with Crippen molar-refractivity contribution in [3.8, 4) is 0 Å². The Balaban J connectivity index is 1.58. The molecule has 1 saturated heterocycles. The topological polar surface area (TPSA) is 121 Å². The van der Waals surface area contributed by atoms with Crippen LogP contribution in [-0.2, 0) is 7.05 Å². The highest BCUT2D eigenvalue weighted by Crippen LogP contribution is 2.46. The fourth-order valence-corrected chi connectivity index (χ4v) is 5.03. The largest absolute Gasteiger partial charge is 0.476 e. The van der Waals surface area contributed by atoms with Crippen LogP contribution in [0, 0.1) is 11.8 Å². The molecule has 0 bridgehead atoms. The Kier molecular flexibility index (Phi) is 5.23. The van der Waals surface area contributed by atoms with E-state index in [4.69, 9.17) is 28.2 Å². The minimum Gasteiger partial charge on any atom is -0.476 e. The maximum atomic E-state index is 13.2. The Morgan fingerprint density at radius 1 is 1.21 bits per heavy atom. The van der Waals surface area contributed by atoms with Crippen LogP contribution in [0.5, 0.6) is 0 Å². The number of carbonyl (C=O) groups is 1. The van der Waals surface area contributed by atoms with Crippen molar-refractivity contribution in [1.82, 2.24) is 14.5 Å². The number of nitrogens with one attached hydrogen (secondary N) is 1. The Labute approximate surface area is 198 Å². The van der Waals surface area contributed by atoms with Crippen LogP contribution in [0.4, 0.5) is 11.6 Å². The van der Waals surface area contributed by atoms with E-state index in [1.54, 1.807) is 25.2 Å². The molecule has 1 aliphatic carbocycles. The molecule has 2 aliphatic rings. The molecule has 3 unspecified atom stereocenters. The third kappa shape index (κ3) is 3.70. The van der Waals surface area contributed by atoms with Gasteiger partial charge in [0.1, 0.15) is 5.15 Å². The minimum absolute atomic E-state index is 0.0717. The Bertz CT molecular complexity index is 1350. The fourth-order valence-electron chi connectivity index (χ4n) is 4.65. The van der Waals surface area contributed by atoms with Crippen LogP contribution < -0.4 is 15.8 Å². The van der Waals surface area contributed by atoms with Gasteiger partial charge in [0, 0.05) is 42.6 Å². The first-order chi connectivity index (χ1) is 15.7. The van der Waals surface area contributed by atoms with Gasteiger partial charge >= 0.3 is 5.97 Å². The number of aliphatic hydroxyl groups is 1. The molecule has 1 saturated carbocycles. The smallest absolute Gasteiger partial charge is 0.356 e. The summed E-state index contributed by atoms with van der Waals surface area (Å²) in [6.07, 6.45) is -0.270. The molecule has 2 aromatic heterocycles. The zero-order valence-corrected chi connectivity index (χ0v) is 19.3. The number of carboxylic acids is 1. The van der Waals surface area contributed by atoms with Gasteiger partial charge in [0.25, 0.3) is 5.56 Å². The summed E-state index contributed by atoms with van der Waals surface area (Å²) in [7, 11) is 1.67. The average molecular weight is 490 g/mol. The number of hydrogen-bond acceptors (Lipinski definition) is 7. The molecule has 0 radical (unpaired) electrons. The molecule has 11 heteroatoms. The Morgan fingerprint density at radius 3 is 2.58 bits per heavy atom. The number of piperidine rings is 1. The minimum atomic E-state index is -1.22. The number of rotatable bonds is 5. The number of pyridine rings is 1. The van der Waals surface area contributed by atoms with Crippen molar-refractivity contribution in [2.75, 3.05) is 23.3 Å². The van der Waals surface area contributed by atoms with E-state index < -0.39 is 12.0 Å². The zero-order chi connectivity index (χ0) is 23.6. The van der Waals surface area contributed by atoms with Crippen molar-refractivity contribution >= 4 is 51.7 Å². The number of carboxylic acid groups (broad SMARTS) is 1. The second-order valence-electron chi connectivity index (χ2n) is 8.59. The standard InChI is InChI=1S/C22H21Cl2N5O4/c1-9(25-15-3-4-16(24)26-18(15)21(32)33)11-5-10(23)6-12-17(11)27-22(28(2)20(12)31)29-7-13-14(8-29)19(13)30/h3-6,9,13-14,19,25,30H,7-8H2,1-2H3,(H,32,33). The second-order valence-corrected chi connectivity index (χ2v) is 9.42. The number of benzene rings is 1. The van der Waals surface area contributed by atoms with Crippen LogP contribution >= 0.6 is 23.2 Å². The molecule has 172 valence electrons. The van der Waals surface area contributed by atoms with Gasteiger partial charge in [0.2, 0.25) is 5.95 Å². The lowest BCUT2D eigenvalue weighted by atomic mass is 10.0. The van der Waals surface area contributed by atoms with E-state index in [0.29, 0.717) is 40.5 Å². The second kappa shape index (κ2) is 7.86. The number of anilines is 2. The van der Waals surface area contributed by atoms with E-state index >= 15 is 0 Å². The van der Waals surface area contributed by atoms with Gasteiger partial charge in [-0.2, -0.15) is 0 Å². The number of aromatic nitrogens is 3. The first-order valence-electron chi connectivity index (χ1n) is 10.4. The maximum absolute atomic E-state index is 13.2. The van der Waals surface area contributed by atoms with Crippen molar-refractivity contribution in [1.29, 1.82) is 0 Å². The molecule has 3 aromatic rings. The van der Waals surface area contributed by atoms with E-state index in [9.17, 15) is 19.8 Å². The van der Waals surface area contributed by atoms with Crippen molar-refractivity contribution in [2.45, 2.75) is 19.1 Å². The number of nitrogens with zero attached hydrogens (tertiary/aromatic N) is 4. The maximum Gasteiger partial charge on any atom is 0.356 e. The summed E-state index contributed by atoms with van der Waals surface area (Å²) in [6, 6.07) is 5.89. The molecule has 3 heterocycles. The van der Waals surface area contributed by atoms with Crippen LogP contribution in [0.3, 0.4) is 0 Å². The lowest BCUT2D eigenvalue weighted by Crippen LogP contribution is -2.33. The molecule has 0 spiro atoms. The SMILES string of the molecule is CC(Nc1ccc(Cl)nc1C(=O)O)c1cc(Cl)cc2c(=O)n(C)c(N3CC4C(O)C4C3)nc12. The molecule has 3 atom stereocenters. The Hall–Kier alpha value is -2.88. The fraction of sp³-hybridized carbons (Fsp3) is 0.364.